The number of methoxy groups -OCH3 is 2. The fraction of sp³-hybridized carbons (Fsp3) is 0.286. The lowest BCUT2D eigenvalue weighted by Crippen LogP contribution is -2.41. The van der Waals surface area contributed by atoms with Crippen LogP contribution in [-0.4, -0.2) is 44.7 Å². The van der Waals surface area contributed by atoms with E-state index in [1.807, 2.05) is 6.07 Å². The molecule has 1 heterocycles. The zero-order chi connectivity index (χ0) is 21.0. The van der Waals surface area contributed by atoms with Crippen LogP contribution in [-0.2, 0) is 9.53 Å². The number of benzene rings is 2. The first kappa shape index (κ1) is 21.4. The first-order chi connectivity index (χ1) is 13.9. The van der Waals surface area contributed by atoms with Crippen molar-refractivity contribution in [2.24, 2.45) is 0 Å². The Hall–Kier alpha value is -2.28. The van der Waals surface area contributed by atoms with Gasteiger partial charge in [-0.05, 0) is 35.9 Å². The Balaban J connectivity index is 1.71. The Labute approximate surface area is 178 Å². The molecule has 29 heavy (non-hydrogen) atoms. The van der Waals surface area contributed by atoms with Gasteiger partial charge in [0.1, 0.15) is 11.9 Å². The van der Waals surface area contributed by atoms with Crippen LogP contribution in [0.1, 0.15) is 17.2 Å². The van der Waals surface area contributed by atoms with E-state index in [0.717, 1.165) is 5.56 Å². The normalized spacial score (nSPS) is 16.9. The monoisotopic (exact) mass is 439 g/mol. The first-order valence-electron chi connectivity index (χ1n) is 8.88. The number of rotatable bonds is 5. The lowest BCUT2D eigenvalue weighted by Gasteiger charge is -2.33. The topological polar surface area (TPSA) is 48.0 Å². The second-order valence-electron chi connectivity index (χ2n) is 6.38. The third-order valence-corrected chi connectivity index (χ3v) is 5.21. The number of hydrogen-bond donors (Lipinski definition) is 0. The van der Waals surface area contributed by atoms with Crippen LogP contribution in [0.15, 0.2) is 36.4 Å². The molecular formula is C21H20Cl2FNO4. The standard InChI is InChI=1S/C21H20Cl2FNO4/c1-27-18-5-3-13(9-19(18)28-2)4-6-21(26)25-7-8-29-20(12-25)14-10-17(24)16(23)11-15(14)22/h3-6,9-11,20H,7-8,12H2,1-2H3. The number of morpholine rings is 1. The van der Waals surface area contributed by atoms with Gasteiger partial charge in [0.05, 0.1) is 32.4 Å². The summed E-state index contributed by atoms with van der Waals surface area (Å²) in [4.78, 5) is 14.3. The minimum absolute atomic E-state index is 0.0552. The van der Waals surface area contributed by atoms with Crippen LogP contribution in [0.3, 0.4) is 0 Å². The highest BCUT2D eigenvalue weighted by atomic mass is 35.5. The fourth-order valence-electron chi connectivity index (χ4n) is 3.05. The molecule has 3 rings (SSSR count). The molecule has 1 aliphatic heterocycles. The predicted octanol–water partition coefficient (Wildman–Crippen LogP) is 4.76. The van der Waals surface area contributed by atoms with Crippen LogP contribution < -0.4 is 9.47 Å². The quantitative estimate of drug-likeness (QED) is 0.497. The van der Waals surface area contributed by atoms with Gasteiger partial charge < -0.3 is 19.1 Å². The van der Waals surface area contributed by atoms with Gasteiger partial charge in [0.25, 0.3) is 0 Å². The van der Waals surface area contributed by atoms with Gasteiger partial charge in [0, 0.05) is 23.2 Å². The van der Waals surface area contributed by atoms with Gasteiger partial charge in [-0.3, -0.25) is 4.79 Å². The summed E-state index contributed by atoms with van der Waals surface area (Å²) in [7, 11) is 3.11. The Morgan fingerprint density at radius 2 is 1.93 bits per heavy atom. The third-order valence-electron chi connectivity index (χ3n) is 4.59. The van der Waals surface area contributed by atoms with Gasteiger partial charge in [-0.2, -0.15) is 0 Å². The Bertz CT molecular complexity index is 935. The van der Waals surface area contributed by atoms with Crippen LogP contribution in [0.2, 0.25) is 10.0 Å². The fourth-order valence-corrected chi connectivity index (χ4v) is 3.56. The van der Waals surface area contributed by atoms with E-state index in [0.29, 0.717) is 35.2 Å². The van der Waals surface area contributed by atoms with Crippen LogP contribution in [0, 0.1) is 5.82 Å². The van der Waals surface area contributed by atoms with E-state index in [-0.39, 0.29) is 17.5 Å². The molecule has 1 atom stereocenters. The average molecular weight is 440 g/mol. The van der Waals surface area contributed by atoms with Crippen molar-refractivity contribution in [2.75, 3.05) is 33.9 Å². The molecule has 2 aromatic rings. The van der Waals surface area contributed by atoms with Gasteiger partial charge in [0.15, 0.2) is 11.5 Å². The molecular weight excluding hydrogens is 420 g/mol. The summed E-state index contributed by atoms with van der Waals surface area (Å²) in [5.74, 6) is 0.428. The highest BCUT2D eigenvalue weighted by Gasteiger charge is 2.26. The second-order valence-corrected chi connectivity index (χ2v) is 7.19. The molecule has 2 aromatic carbocycles. The summed E-state index contributed by atoms with van der Waals surface area (Å²) in [5, 5.41) is 0.247. The van der Waals surface area contributed by atoms with Crippen molar-refractivity contribution < 1.29 is 23.4 Å². The van der Waals surface area contributed by atoms with E-state index in [4.69, 9.17) is 37.4 Å². The van der Waals surface area contributed by atoms with Crippen molar-refractivity contribution in [1.29, 1.82) is 0 Å². The minimum Gasteiger partial charge on any atom is -0.493 e. The van der Waals surface area contributed by atoms with Gasteiger partial charge in [-0.25, -0.2) is 4.39 Å². The Morgan fingerprint density at radius 3 is 2.66 bits per heavy atom. The summed E-state index contributed by atoms with van der Waals surface area (Å²) >= 11 is 11.9. The minimum atomic E-state index is -0.577. The average Bonchev–Trinajstić information content (AvgIpc) is 2.74. The van der Waals surface area contributed by atoms with E-state index in [1.165, 1.54) is 18.2 Å². The van der Waals surface area contributed by atoms with Gasteiger partial charge in [-0.1, -0.05) is 29.3 Å². The molecule has 0 bridgehead atoms. The molecule has 1 unspecified atom stereocenters. The number of hydrogen-bond acceptors (Lipinski definition) is 4. The van der Waals surface area contributed by atoms with Crippen molar-refractivity contribution in [3.63, 3.8) is 0 Å². The molecule has 1 saturated heterocycles. The van der Waals surface area contributed by atoms with Gasteiger partial charge >= 0.3 is 0 Å². The van der Waals surface area contributed by atoms with Crippen LogP contribution in [0.5, 0.6) is 11.5 Å². The number of ether oxygens (including phenoxy) is 3. The molecule has 0 aromatic heterocycles. The van der Waals surface area contributed by atoms with Gasteiger partial charge in [0.2, 0.25) is 5.91 Å². The SMILES string of the molecule is COc1ccc(C=CC(=O)N2CCOC(c3cc(F)c(Cl)cc3Cl)C2)cc1OC. The van der Waals surface area contributed by atoms with E-state index in [9.17, 15) is 9.18 Å². The maximum Gasteiger partial charge on any atom is 0.246 e. The zero-order valence-corrected chi connectivity index (χ0v) is 17.5. The Kier molecular flexibility index (Phi) is 7.00. The summed E-state index contributed by atoms with van der Waals surface area (Å²) in [6.07, 6.45) is 2.65. The van der Waals surface area contributed by atoms with Crippen LogP contribution in [0.25, 0.3) is 6.08 Å². The van der Waals surface area contributed by atoms with Crippen LogP contribution >= 0.6 is 23.2 Å². The number of nitrogens with zero attached hydrogens (tertiary/aromatic N) is 1. The van der Waals surface area contributed by atoms with E-state index >= 15 is 0 Å². The molecule has 0 saturated carbocycles. The smallest absolute Gasteiger partial charge is 0.246 e. The Morgan fingerprint density at radius 1 is 1.17 bits per heavy atom. The second kappa shape index (κ2) is 9.48. The van der Waals surface area contributed by atoms with Crippen molar-refractivity contribution in [1.82, 2.24) is 4.90 Å². The van der Waals surface area contributed by atoms with Gasteiger partial charge in [-0.15, -0.1) is 0 Å². The predicted molar refractivity (Wildman–Crippen MR) is 110 cm³/mol. The summed E-state index contributed by atoms with van der Waals surface area (Å²) in [6.45, 7) is 1.01. The largest absolute Gasteiger partial charge is 0.493 e. The van der Waals surface area contributed by atoms with E-state index in [2.05, 4.69) is 0 Å². The van der Waals surface area contributed by atoms with E-state index < -0.39 is 11.9 Å². The number of carbonyl (C=O) groups is 1. The molecule has 0 aliphatic carbocycles. The molecule has 154 valence electrons. The number of amides is 1. The van der Waals surface area contributed by atoms with E-state index in [1.54, 1.807) is 37.3 Å². The molecule has 1 aliphatic rings. The highest BCUT2D eigenvalue weighted by molar-refractivity contribution is 6.35. The molecule has 1 fully saturated rings. The lowest BCUT2D eigenvalue weighted by atomic mass is 10.1. The van der Waals surface area contributed by atoms with Crippen molar-refractivity contribution in [3.8, 4) is 11.5 Å². The molecule has 1 amide bonds. The first-order valence-corrected chi connectivity index (χ1v) is 9.63. The van der Waals surface area contributed by atoms with Crippen molar-refractivity contribution in [2.45, 2.75) is 6.10 Å². The molecule has 8 heteroatoms. The summed E-state index contributed by atoms with van der Waals surface area (Å²) in [6, 6.07) is 7.97. The number of halogens is 3. The molecule has 0 N–H and O–H groups in total. The number of carbonyl (C=O) groups excluding carboxylic acids is 1. The molecule has 0 spiro atoms. The maximum absolute atomic E-state index is 13.8. The molecule has 0 radical (unpaired) electrons. The summed E-state index contributed by atoms with van der Waals surface area (Å²) in [5.41, 5.74) is 1.26. The van der Waals surface area contributed by atoms with Crippen LogP contribution in [0.4, 0.5) is 4.39 Å². The summed E-state index contributed by atoms with van der Waals surface area (Å²) < 4.78 is 30.0. The third kappa shape index (κ3) is 5.01. The lowest BCUT2D eigenvalue weighted by molar-refractivity contribution is -0.133. The molecule has 5 nitrogen and oxygen atoms in total. The van der Waals surface area contributed by atoms with Crippen molar-refractivity contribution >= 4 is 35.2 Å². The highest BCUT2D eigenvalue weighted by Crippen LogP contribution is 2.32. The van der Waals surface area contributed by atoms with Crippen molar-refractivity contribution in [3.05, 3.63) is 63.4 Å². The maximum atomic E-state index is 13.8. The zero-order valence-electron chi connectivity index (χ0n) is 16.0.